The fraction of sp³-hybridized carbons (Fsp3) is 0.409. The first-order valence-electron chi connectivity index (χ1n) is 9.39. The number of amides is 1. The Labute approximate surface area is 166 Å². The van der Waals surface area contributed by atoms with Crippen LogP contribution >= 0.6 is 0 Å². The first-order chi connectivity index (χ1) is 13.2. The van der Waals surface area contributed by atoms with Crippen LogP contribution in [0.2, 0.25) is 0 Å². The maximum Gasteiger partial charge on any atom is 0.434 e. The van der Waals surface area contributed by atoms with Crippen molar-refractivity contribution >= 4 is 6.09 Å². The lowest BCUT2D eigenvalue weighted by Crippen LogP contribution is -2.46. The van der Waals surface area contributed by atoms with Crippen LogP contribution in [0.4, 0.5) is 9.18 Å². The second-order valence-corrected chi connectivity index (χ2v) is 7.67. The number of hydrogen-bond acceptors (Lipinski definition) is 4. The summed E-state index contributed by atoms with van der Waals surface area (Å²) >= 11 is 0. The SMILES string of the molecule is CC(CNCc1ccc(F)cc1)N(OCc1ccccc1)C(=O)OC(C)(C)C. The summed E-state index contributed by atoms with van der Waals surface area (Å²) in [6, 6.07) is 15.7. The van der Waals surface area contributed by atoms with Gasteiger partial charge < -0.3 is 10.1 Å². The highest BCUT2D eigenvalue weighted by Crippen LogP contribution is 2.14. The molecule has 152 valence electrons. The number of nitrogens with zero attached hydrogens (tertiary/aromatic N) is 1. The molecule has 2 aromatic carbocycles. The topological polar surface area (TPSA) is 50.8 Å². The smallest absolute Gasteiger partial charge is 0.434 e. The van der Waals surface area contributed by atoms with Gasteiger partial charge in [-0.1, -0.05) is 42.5 Å². The molecule has 0 aliphatic carbocycles. The van der Waals surface area contributed by atoms with E-state index >= 15 is 0 Å². The molecule has 1 amide bonds. The molecule has 0 heterocycles. The summed E-state index contributed by atoms with van der Waals surface area (Å²) in [5, 5.41) is 4.54. The normalized spacial score (nSPS) is 12.5. The van der Waals surface area contributed by atoms with Gasteiger partial charge in [0.05, 0.1) is 6.04 Å². The molecule has 1 atom stereocenters. The molecule has 0 aromatic heterocycles. The van der Waals surface area contributed by atoms with E-state index in [1.807, 2.05) is 58.0 Å². The molecule has 2 aromatic rings. The highest BCUT2D eigenvalue weighted by molar-refractivity contribution is 5.67. The van der Waals surface area contributed by atoms with Crippen molar-refractivity contribution in [2.75, 3.05) is 6.54 Å². The zero-order chi connectivity index (χ0) is 20.6. The van der Waals surface area contributed by atoms with E-state index < -0.39 is 11.7 Å². The van der Waals surface area contributed by atoms with Crippen molar-refractivity contribution in [1.29, 1.82) is 0 Å². The monoisotopic (exact) mass is 388 g/mol. The van der Waals surface area contributed by atoms with Crippen molar-refractivity contribution in [3.8, 4) is 0 Å². The summed E-state index contributed by atoms with van der Waals surface area (Å²) in [6.45, 7) is 8.65. The number of carbonyl (C=O) groups excluding carboxylic acids is 1. The van der Waals surface area contributed by atoms with Crippen molar-refractivity contribution in [3.05, 3.63) is 71.5 Å². The maximum absolute atomic E-state index is 13.0. The van der Waals surface area contributed by atoms with E-state index in [0.717, 1.165) is 11.1 Å². The molecule has 0 fully saturated rings. The number of ether oxygens (including phenoxy) is 1. The molecule has 0 saturated heterocycles. The zero-order valence-electron chi connectivity index (χ0n) is 16.9. The molecule has 0 radical (unpaired) electrons. The van der Waals surface area contributed by atoms with Crippen LogP contribution in [0.5, 0.6) is 0 Å². The number of carbonyl (C=O) groups is 1. The third kappa shape index (κ3) is 7.66. The summed E-state index contributed by atoms with van der Waals surface area (Å²) in [7, 11) is 0. The van der Waals surface area contributed by atoms with E-state index in [9.17, 15) is 9.18 Å². The number of hydroxylamine groups is 2. The fourth-order valence-corrected chi connectivity index (χ4v) is 2.50. The van der Waals surface area contributed by atoms with E-state index in [1.54, 1.807) is 12.1 Å². The number of nitrogens with one attached hydrogen (secondary N) is 1. The molecule has 0 saturated carbocycles. The summed E-state index contributed by atoms with van der Waals surface area (Å²) < 4.78 is 18.5. The molecule has 0 aliphatic heterocycles. The molecular formula is C22H29FN2O3. The van der Waals surface area contributed by atoms with Crippen LogP contribution in [0, 0.1) is 5.82 Å². The largest absolute Gasteiger partial charge is 0.442 e. The second-order valence-electron chi connectivity index (χ2n) is 7.67. The Bertz CT molecular complexity index is 730. The lowest BCUT2D eigenvalue weighted by Gasteiger charge is -2.31. The van der Waals surface area contributed by atoms with Crippen LogP contribution in [-0.4, -0.2) is 29.3 Å². The van der Waals surface area contributed by atoms with Gasteiger partial charge in [-0.3, -0.25) is 4.84 Å². The number of halogens is 1. The van der Waals surface area contributed by atoms with Crippen LogP contribution in [0.15, 0.2) is 54.6 Å². The molecule has 5 nitrogen and oxygen atoms in total. The molecule has 0 aliphatic rings. The van der Waals surface area contributed by atoms with Gasteiger partial charge in [-0.2, -0.15) is 5.06 Å². The van der Waals surface area contributed by atoms with E-state index in [4.69, 9.17) is 9.57 Å². The van der Waals surface area contributed by atoms with Crippen molar-refractivity contribution in [2.45, 2.75) is 52.5 Å². The first kappa shape index (κ1) is 21.9. The summed E-state index contributed by atoms with van der Waals surface area (Å²) in [6.07, 6.45) is -0.528. The highest BCUT2D eigenvalue weighted by atomic mass is 19.1. The van der Waals surface area contributed by atoms with Gasteiger partial charge in [0, 0.05) is 13.1 Å². The van der Waals surface area contributed by atoms with Gasteiger partial charge in [0.15, 0.2) is 0 Å². The Morgan fingerprint density at radius 1 is 1.07 bits per heavy atom. The maximum atomic E-state index is 13.0. The van der Waals surface area contributed by atoms with Crippen LogP contribution in [0.1, 0.15) is 38.8 Å². The minimum atomic E-state index is -0.618. The summed E-state index contributed by atoms with van der Waals surface area (Å²) in [5.41, 5.74) is 1.30. The van der Waals surface area contributed by atoms with Crippen molar-refractivity contribution in [3.63, 3.8) is 0 Å². The number of rotatable bonds is 8. The average molecular weight is 388 g/mol. The zero-order valence-corrected chi connectivity index (χ0v) is 16.9. The molecule has 0 bridgehead atoms. The van der Waals surface area contributed by atoms with Crippen LogP contribution in [0.25, 0.3) is 0 Å². The Hall–Kier alpha value is -2.44. The predicted molar refractivity (Wildman–Crippen MR) is 107 cm³/mol. The lowest BCUT2D eigenvalue weighted by molar-refractivity contribution is -0.175. The van der Waals surface area contributed by atoms with Gasteiger partial charge in [-0.25, -0.2) is 9.18 Å². The minimum absolute atomic E-state index is 0.262. The average Bonchev–Trinajstić information content (AvgIpc) is 2.63. The minimum Gasteiger partial charge on any atom is -0.442 e. The molecule has 28 heavy (non-hydrogen) atoms. The molecular weight excluding hydrogens is 359 g/mol. The predicted octanol–water partition coefficient (Wildman–Crippen LogP) is 4.67. The van der Waals surface area contributed by atoms with Crippen molar-refractivity contribution in [1.82, 2.24) is 10.4 Å². The van der Waals surface area contributed by atoms with Gasteiger partial charge in [0.25, 0.3) is 0 Å². The number of hydrogen-bond donors (Lipinski definition) is 1. The van der Waals surface area contributed by atoms with Crippen molar-refractivity contribution < 1.29 is 18.8 Å². The lowest BCUT2D eigenvalue weighted by atomic mass is 10.2. The summed E-state index contributed by atoms with van der Waals surface area (Å²) in [5.74, 6) is -0.262. The fourth-order valence-electron chi connectivity index (χ4n) is 2.50. The summed E-state index contributed by atoms with van der Waals surface area (Å²) in [4.78, 5) is 18.4. The van der Waals surface area contributed by atoms with Gasteiger partial charge in [-0.15, -0.1) is 0 Å². The third-order valence-corrected chi connectivity index (χ3v) is 3.87. The first-order valence-corrected chi connectivity index (χ1v) is 9.39. The standard InChI is InChI=1S/C22H29FN2O3/c1-17(14-24-15-18-10-12-20(23)13-11-18)25(21(26)28-22(2,3)4)27-16-19-8-6-5-7-9-19/h5-13,17,24H,14-16H2,1-4H3. The van der Waals surface area contributed by atoms with Gasteiger partial charge in [0.2, 0.25) is 0 Å². The molecule has 2 rings (SSSR count). The number of benzene rings is 2. The van der Waals surface area contributed by atoms with Crippen LogP contribution in [-0.2, 0) is 22.7 Å². The van der Waals surface area contributed by atoms with E-state index in [1.165, 1.54) is 17.2 Å². The quantitative estimate of drug-likeness (QED) is 0.668. The second kappa shape index (κ2) is 10.2. The van der Waals surface area contributed by atoms with Gasteiger partial charge in [-0.05, 0) is 51.0 Å². The molecule has 1 N–H and O–H groups in total. The Balaban J connectivity index is 1.95. The Kier molecular flexibility index (Phi) is 7.96. The van der Waals surface area contributed by atoms with Gasteiger partial charge >= 0.3 is 6.09 Å². The highest BCUT2D eigenvalue weighted by Gasteiger charge is 2.27. The molecule has 6 heteroatoms. The Morgan fingerprint density at radius 2 is 1.71 bits per heavy atom. The molecule has 0 spiro atoms. The van der Waals surface area contributed by atoms with Crippen LogP contribution in [0.3, 0.4) is 0 Å². The molecule has 1 unspecified atom stereocenters. The Morgan fingerprint density at radius 3 is 2.32 bits per heavy atom. The van der Waals surface area contributed by atoms with E-state index in [-0.39, 0.29) is 18.5 Å². The van der Waals surface area contributed by atoms with E-state index in [2.05, 4.69) is 5.32 Å². The third-order valence-electron chi connectivity index (χ3n) is 3.87. The van der Waals surface area contributed by atoms with Crippen LogP contribution < -0.4 is 5.32 Å². The van der Waals surface area contributed by atoms with Gasteiger partial charge in [0.1, 0.15) is 18.0 Å². The van der Waals surface area contributed by atoms with E-state index in [0.29, 0.717) is 13.1 Å². The van der Waals surface area contributed by atoms with Crippen molar-refractivity contribution in [2.24, 2.45) is 0 Å².